The van der Waals surface area contributed by atoms with Crippen molar-refractivity contribution in [2.75, 3.05) is 46.2 Å². The molecule has 23 heavy (non-hydrogen) atoms. The van der Waals surface area contributed by atoms with Crippen molar-refractivity contribution >= 4 is 22.6 Å². The van der Waals surface area contributed by atoms with E-state index in [4.69, 9.17) is 9.47 Å². The van der Waals surface area contributed by atoms with E-state index in [2.05, 4.69) is 15.2 Å². The number of anilines is 1. The Kier molecular flexibility index (Phi) is 5.76. The van der Waals surface area contributed by atoms with Crippen molar-refractivity contribution in [2.45, 2.75) is 6.92 Å². The number of carbonyl (C=O) groups is 1. The summed E-state index contributed by atoms with van der Waals surface area (Å²) in [5.74, 6) is 0.341. The molecule has 124 valence electrons. The second-order valence-electron chi connectivity index (χ2n) is 5.38. The lowest BCUT2D eigenvalue weighted by Gasteiger charge is -2.16. The van der Waals surface area contributed by atoms with Gasteiger partial charge in [-0.25, -0.2) is 4.79 Å². The molecule has 1 heterocycles. The Morgan fingerprint density at radius 2 is 2.13 bits per heavy atom. The number of benzene rings is 1. The first-order chi connectivity index (χ1) is 11.1. The van der Waals surface area contributed by atoms with Gasteiger partial charge in [0.15, 0.2) is 0 Å². The van der Waals surface area contributed by atoms with Gasteiger partial charge >= 0.3 is 5.97 Å². The maximum atomic E-state index is 12.2. The number of pyridine rings is 1. The standard InChI is InChI=1S/C17H23N3O3/c1-5-23-17(21)14-11-19-15-7-6-12(22-4)10-13(15)16(14)18-8-9-20(2)3/h6-7,10-11H,5,8-9H2,1-4H3,(H,18,19). The molecule has 2 rings (SSSR count). The van der Waals surface area contributed by atoms with E-state index in [1.165, 1.54) is 0 Å². The summed E-state index contributed by atoms with van der Waals surface area (Å²) in [6, 6.07) is 5.60. The molecule has 1 aromatic carbocycles. The number of esters is 1. The van der Waals surface area contributed by atoms with E-state index in [0.29, 0.717) is 18.7 Å². The van der Waals surface area contributed by atoms with Crippen LogP contribution in [-0.4, -0.2) is 56.8 Å². The van der Waals surface area contributed by atoms with E-state index >= 15 is 0 Å². The monoisotopic (exact) mass is 317 g/mol. The van der Waals surface area contributed by atoms with Gasteiger partial charge in [-0.1, -0.05) is 0 Å². The van der Waals surface area contributed by atoms with Gasteiger partial charge in [0, 0.05) is 24.7 Å². The van der Waals surface area contributed by atoms with E-state index in [1.54, 1.807) is 20.2 Å². The minimum absolute atomic E-state index is 0.326. The van der Waals surface area contributed by atoms with Gasteiger partial charge in [0.05, 0.1) is 24.9 Å². The zero-order valence-electron chi connectivity index (χ0n) is 14.0. The zero-order valence-corrected chi connectivity index (χ0v) is 14.0. The highest BCUT2D eigenvalue weighted by Gasteiger charge is 2.17. The third-order valence-electron chi connectivity index (χ3n) is 3.43. The largest absolute Gasteiger partial charge is 0.497 e. The third kappa shape index (κ3) is 4.10. The molecule has 1 N–H and O–H groups in total. The summed E-state index contributed by atoms with van der Waals surface area (Å²) in [4.78, 5) is 18.6. The van der Waals surface area contributed by atoms with Gasteiger partial charge in [0.25, 0.3) is 0 Å². The van der Waals surface area contributed by atoms with Crippen molar-refractivity contribution in [2.24, 2.45) is 0 Å². The van der Waals surface area contributed by atoms with Gasteiger partial charge in [-0.2, -0.15) is 0 Å². The normalized spacial score (nSPS) is 10.8. The lowest BCUT2D eigenvalue weighted by molar-refractivity contribution is 0.0527. The number of fused-ring (bicyclic) bond motifs is 1. The van der Waals surface area contributed by atoms with E-state index in [9.17, 15) is 4.79 Å². The van der Waals surface area contributed by atoms with Gasteiger partial charge < -0.3 is 19.7 Å². The van der Waals surface area contributed by atoms with Crippen molar-refractivity contribution in [1.29, 1.82) is 0 Å². The minimum Gasteiger partial charge on any atom is -0.497 e. The van der Waals surface area contributed by atoms with Gasteiger partial charge in [-0.05, 0) is 39.2 Å². The van der Waals surface area contributed by atoms with Crippen LogP contribution in [0.15, 0.2) is 24.4 Å². The van der Waals surface area contributed by atoms with Gasteiger partial charge in [-0.15, -0.1) is 0 Å². The number of nitrogens with one attached hydrogen (secondary N) is 1. The van der Waals surface area contributed by atoms with Crippen molar-refractivity contribution in [1.82, 2.24) is 9.88 Å². The van der Waals surface area contributed by atoms with E-state index in [-0.39, 0.29) is 5.97 Å². The van der Waals surface area contributed by atoms with E-state index < -0.39 is 0 Å². The Morgan fingerprint density at radius 3 is 2.78 bits per heavy atom. The number of ether oxygens (including phenoxy) is 2. The molecular weight excluding hydrogens is 294 g/mol. The zero-order chi connectivity index (χ0) is 16.8. The average Bonchev–Trinajstić information content (AvgIpc) is 2.54. The first-order valence-electron chi connectivity index (χ1n) is 7.59. The van der Waals surface area contributed by atoms with Crippen LogP contribution in [0.5, 0.6) is 5.75 Å². The maximum Gasteiger partial charge on any atom is 0.341 e. The molecule has 2 aromatic rings. The molecule has 0 spiro atoms. The van der Waals surface area contributed by atoms with Crippen LogP contribution >= 0.6 is 0 Å². The van der Waals surface area contributed by atoms with Crippen LogP contribution in [-0.2, 0) is 4.74 Å². The number of hydrogen-bond acceptors (Lipinski definition) is 6. The number of likely N-dealkylation sites (N-methyl/N-ethyl adjacent to an activating group) is 1. The highest BCUT2D eigenvalue weighted by atomic mass is 16.5. The lowest BCUT2D eigenvalue weighted by atomic mass is 10.1. The fraction of sp³-hybridized carbons (Fsp3) is 0.412. The molecule has 0 radical (unpaired) electrons. The summed E-state index contributed by atoms with van der Waals surface area (Å²) in [6.45, 7) is 3.66. The first kappa shape index (κ1) is 17.0. The van der Waals surface area contributed by atoms with Gasteiger partial charge in [0.1, 0.15) is 11.3 Å². The van der Waals surface area contributed by atoms with Crippen molar-refractivity contribution < 1.29 is 14.3 Å². The predicted molar refractivity (Wildman–Crippen MR) is 91.3 cm³/mol. The summed E-state index contributed by atoms with van der Waals surface area (Å²) in [5, 5.41) is 4.18. The van der Waals surface area contributed by atoms with Crippen LogP contribution in [0.1, 0.15) is 17.3 Å². The second kappa shape index (κ2) is 7.78. The molecule has 0 atom stereocenters. The van der Waals surface area contributed by atoms with Crippen molar-refractivity contribution in [3.8, 4) is 5.75 Å². The maximum absolute atomic E-state index is 12.2. The number of methoxy groups -OCH3 is 1. The number of aromatic nitrogens is 1. The molecule has 0 saturated heterocycles. The fourth-order valence-electron chi connectivity index (χ4n) is 2.26. The number of hydrogen-bond donors (Lipinski definition) is 1. The molecule has 0 unspecified atom stereocenters. The fourth-order valence-corrected chi connectivity index (χ4v) is 2.26. The average molecular weight is 317 g/mol. The Labute approximate surface area is 136 Å². The molecule has 0 saturated carbocycles. The molecule has 0 amide bonds. The summed E-state index contributed by atoms with van der Waals surface area (Å²) >= 11 is 0. The van der Waals surface area contributed by atoms with Crippen LogP contribution in [0.3, 0.4) is 0 Å². The van der Waals surface area contributed by atoms with Gasteiger partial charge in [-0.3, -0.25) is 4.98 Å². The Morgan fingerprint density at radius 1 is 1.35 bits per heavy atom. The third-order valence-corrected chi connectivity index (χ3v) is 3.43. The summed E-state index contributed by atoms with van der Waals surface area (Å²) in [5.41, 5.74) is 1.96. The van der Waals surface area contributed by atoms with Gasteiger partial charge in [0.2, 0.25) is 0 Å². The highest BCUT2D eigenvalue weighted by molar-refractivity contribution is 6.05. The predicted octanol–water partition coefficient (Wildman–Crippen LogP) is 2.39. The molecule has 6 heteroatoms. The Balaban J connectivity index is 2.48. The highest BCUT2D eigenvalue weighted by Crippen LogP contribution is 2.29. The number of rotatable bonds is 7. The summed E-state index contributed by atoms with van der Waals surface area (Å²) in [6.07, 6.45) is 1.56. The van der Waals surface area contributed by atoms with Crippen LogP contribution in [0.25, 0.3) is 10.9 Å². The molecule has 1 aromatic heterocycles. The van der Waals surface area contributed by atoms with E-state index in [0.717, 1.165) is 28.9 Å². The summed E-state index contributed by atoms with van der Waals surface area (Å²) < 4.78 is 10.4. The molecule has 0 fully saturated rings. The Bertz CT molecular complexity index is 686. The molecule has 0 bridgehead atoms. The molecular formula is C17H23N3O3. The smallest absolute Gasteiger partial charge is 0.341 e. The Hall–Kier alpha value is -2.34. The van der Waals surface area contributed by atoms with Crippen LogP contribution < -0.4 is 10.1 Å². The SMILES string of the molecule is CCOC(=O)c1cnc2ccc(OC)cc2c1NCCN(C)C. The second-order valence-corrected chi connectivity index (χ2v) is 5.38. The molecule has 0 aliphatic carbocycles. The van der Waals surface area contributed by atoms with Crippen molar-refractivity contribution in [3.05, 3.63) is 30.0 Å². The molecule has 0 aliphatic rings. The van der Waals surface area contributed by atoms with Crippen LogP contribution in [0.2, 0.25) is 0 Å². The molecule has 0 aliphatic heterocycles. The topological polar surface area (TPSA) is 63.7 Å². The van der Waals surface area contributed by atoms with E-state index in [1.807, 2.05) is 32.3 Å². The number of carbonyl (C=O) groups excluding carboxylic acids is 1. The van der Waals surface area contributed by atoms with Crippen molar-refractivity contribution in [3.63, 3.8) is 0 Å². The quantitative estimate of drug-likeness (QED) is 0.791. The first-order valence-corrected chi connectivity index (χ1v) is 7.59. The van der Waals surface area contributed by atoms with Crippen LogP contribution in [0.4, 0.5) is 5.69 Å². The minimum atomic E-state index is -0.378. The van der Waals surface area contributed by atoms with Crippen LogP contribution in [0, 0.1) is 0 Å². The lowest BCUT2D eigenvalue weighted by Crippen LogP contribution is -2.22. The summed E-state index contributed by atoms with van der Waals surface area (Å²) in [7, 11) is 5.62. The number of nitrogens with zero attached hydrogens (tertiary/aromatic N) is 2. The molecule has 6 nitrogen and oxygen atoms in total.